The molecule has 0 spiro atoms. The molecule has 0 saturated carbocycles. The van der Waals surface area contributed by atoms with Crippen molar-refractivity contribution in [3.05, 3.63) is 65.0 Å². The van der Waals surface area contributed by atoms with Gasteiger partial charge in [-0.2, -0.15) is 38.4 Å². The van der Waals surface area contributed by atoms with E-state index in [1.165, 1.54) is 37.2 Å². The monoisotopic (exact) mass is 375 g/mol. The van der Waals surface area contributed by atoms with Gasteiger partial charge in [-0.3, -0.25) is 4.98 Å². The summed E-state index contributed by atoms with van der Waals surface area (Å²) >= 11 is 1.26. The normalized spacial score (nSPS) is 10.8. The molecule has 0 atom stereocenters. The molecular formula is C16H16F3NO2S2. The zero-order valence-electron chi connectivity index (χ0n) is 12.8. The Hall–Kier alpha value is -1.67. The van der Waals surface area contributed by atoms with E-state index >= 15 is 0 Å². The summed E-state index contributed by atoms with van der Waals surface area (Å²) in [6, 6.07) is 8.65. The number of ether oxygens (including phenoxy) is 1. The number of alkyl halides is 3. The van der Waals surface area contributed by atoms with Crippen molar-refractivity contribution in [3.63, 3.8) is 0 Å². The van der Waals surface area contributed by atoms with Crippen molar-refractivity contribution in [1.82, 2.24) is 4.98 Å². The second-order valence-corrected chi connectivity index (χ2v) is 5.62. The zero-order valence-corrected chi connectivity index (χ0v) is 14.6. The second kappa shape index (κ2) is 8.98. The van der Waals surface area contributed by atoms with Crippen LogP contribution < -0.4 is 0 Å². The fourth-order valence-electron chi connectivity index (χ4n) is 2.03. The van der Waals surface area contributed by atoms with E-state index in [1.807, 2.05) is 0 Å². The van der Waals surface area contributed by atoms with Gasteiger partial charge in [-0.15, -0.1) is 0 Å². The molecule has 0 aliphatic rings. The smallest absolute Gasteiger partial charge is 0.416 e. The number of nitrogens with zero attached hydrogens (tertiary/aromatic N) is 1. The van der Waals surface area contributed by atoms with Crippen molar-refractivity contribution in [1.29, 1.82) is 0 Å². The minimum atomic E-state index is -4.38. The lowest BCUT2D eigenvalue weighted by molar-refractivity contribution is -0.138. The first kappa shape index (κ1) is 20.4. The number of rotatable bonds is 5. The lowest BCUT2D eigenvalue weighted by Gasteiger charge is -2.12. The van der Waals surface area contributed by atoms with Crippen molar-refractivity contribution in [2.24, 2.45) is 0 Å². The Labute approximate surface area is 149 Å². The van der Waals surface area contributed by atoms with E-state index in [1.54, 1.807) is 18.2 Å². The van der Waals surface area contributed by atoms with Gasteiger partial charge in [0.15, 0.2) is 0 Å². The van der Waals surface area contributed by atoms with Crippen LogP contribution in [0.3, 0.4) is 0 Å². The molecule has 1 aromatic carbocycles. The maximum Gasteiger partial charge on any atom is 0.416 e. The second-order valence-electron chi connectivity index (χ2n) is 4.64. The molecule has 1 heterocycles. The number of pyridine rings is 1. The van der Waals surface area contributed by atoms with Crippen LogP contribution in [-0.2, 0) is 22.4 Å². The molecule has 0 radical (unpaired) electrons. The van der Waals surface area contributed by atoms with Crippen LogP contribution >= 0.6 is 25.3 Å². The van der Waals surface area contributed by atoms with E-state index in [4.69, 9.17) is 0 Å². The Morgan fingerprint density at radius 3 is 2.54 bits per heavy atom. The molecular weight excluding hydrogens is 359 g/mol. The minimum Gasteiger partial charge on any atom is -0.465 e. The highest BCUT2D eigenvalue weighted by atomic mass is 32.2. The van der Waals surface area contributed by atoms with Crippen LogP contribution in [0.25, 0.3) is 0 Å². The molecule has 2 rings (SSSR count). The summed E-state index contributed by atoms with van der Waals surface area (Å²) in [4.78, 5) is 15.7. The number of hydrogen-bond donors (Lipinski definition) is 0. The third kappa shape index (κ3) is 5.17. The summed E-state index contributed by atoms with van der Waals surface area (Å²) in [6.07, 6.45) is -2.84. The molecule has 0 amide bonds. The van der Waals surface area contributed by atoms with Crippen molar-refractivity contribution < 1.29 is 22.7 Å². The minimum absolute atomic E-state index is 0. The van der Waals surface area contributed by atoms with Crippen molar-refractivity contribution in [2.75, 3.05) is 7.11 Å². The number of methoxy groups -OCH3 is 1. The summed E-state index contributed by atoms with van der Waals surface area (Å²) in [5.41, 5.74) is 0.391. The number of hydrogen-bond acceptors (Lipinski definition) is 4. The lowest BCUT2D eigenvalue weighted by atomic mass is 10.1. The molecule has 2 aromatic rings. The van der Waals surface area contributed by atoms with Gasteiger partial charge in [0.1, 0.15) is 0 Å². The fourth-order valence-corrected chi connectivity index (χ4v) is 3.03. The molecule has 0 bridgehead atoms. The van der Waals surface area contributed by atoms with Crippen molar-refractivity contribution in [3.8, 4) is 0 Å². The first-order valence-corrected chi connectivity index (χ1v) is 7.84. The number of thioether (sulfide) groups is 1. The maximum atomic E-state index is 12.9. The third-order valence-corrected chi connectivity index (χ3v) is 4.11. The van der Waals surface area contributed by atoms with E-state index in [2.05, 4.69) is 9.72 Å². The average molecular weight is 375 g/mol. The number of benzene rings is 1. The van der Waals surface area contributed by atoms with Crippen molar-refractivity contribution in [2.45, 2.75) is 17.7 Å². The van der Waals surface area contributed by atoms with Gasteiger partial charge in [0, 0.05) is 17.7 Å². The lowest BCUT2D eigenvalue weighted by Crippen LogP contribution is -2.09. The van der Waals surface area contributed by atoms with Crippen LogP contribution in [0.15, 0.2) is 42.6 Å². The van der Waals surface area contributed by atoms with Crippen LogP contribution in [0.4, 0.5) is 13.2 Å². The van der Waals surface area contributed by atoms with Gasteiger partial charge in [-0.25, -0.2) is 4.79 Å². The summed E-state index contributed by atoms with van der Waals surface area (Å²) in [6.45, 7) is 0. The maximum absolute atomic E-state index is 12.9. The number of halogens is 3. The Morgan fingerprint density at radius 1 is 1.17 bits per heavy atom. The molecule has 8 heteroatoms. The molecule has 0 unspecified atom stereocenters. The van der Waals surface area contributed by atoms with Gasteiger partial charge in [-0.1, -0.05) is 18.2 Å². The molecule has 0 fully saturated rings. The SMILES string of the molecule is COC(=O)c1cccnc1CSCc1ccccc1C(F)(F)F.S. The highest BCUT2D eigenvalue weighted by molar-refractivity contribution is 7.97. The molecule has 1 aromatic heterocycles. The van der Waals surface area contributed by atoms with Gasteiger partial charge in [0.2, 0.25) is 0 Å². The Balaban J connectivity index is 0.00000288. The molecule has 130 valence electrons. The predicted octanol–water partition coefficient (Wildman–Crippen LogP) is 4.43. The molecule has 0 saturated heterocycles. The molecule has 0 aliphatic carbocycles. The van der Waals surface area contributed by atoms with E-state index in [0.29, 0.717) is 17.0 Å². The Kier molecular flexibility index (Phi) is 7.62. The predicted molar refractivity (Wildman–Crippen MR) is 92.4 cm³/mol. The molecule has 0 N–H and O–H groups in total. The first-order chi connectivity index (χ1) is 10.9. The molecule has 24 heavy (non-hydrogen) atoms. The van der Waals surface area contributed by atoms with E-state index in [9.17, 15) is 18.0 Å². The zero-order chi connectivity index (χ0) is 16.9. The van der Waals surface area contributed by atoms with Crippen LogP contribution in [0, 0.1) is 0 Å². The van der Waals surface area contributed by atoms with Gasteiger partial charge in [0.25, 0.3) is 0 Å². The first-order valence-electron chi connectivity index (χ1n) is 6.68. The fraction of sp³-hybridized carbons (Fsp3) is 0.250. The van der Waals surface area contributed by atoms with E-state index < -0.39 is 17.7 Å². The van der Waals surface area contributed by atoms with E-state index in [-0.39, 0.29) is 24.8 Å². The topological polar surface area (TPSA) is 39.2 Å². The molecule has 0 aliphatic heterocycles. The van der Waals surface area contributed by atoms with Crippen LogP contribution in [0.1, 0.15) is 27.2 Å². The van der Waals surface area contributed by atoms with Crippen LogP contribution in [-0.4, -0.2) is 18.1 Å². The number of esters is 1. The van der Waals surface area contributed by atoms with Gasteiger partial charge in [-0.05, 0) is 23.8 Å². The Bertz CT molecular complexity index is 693. The summed E-state index contributed by atoms with van der Waals surface area (Å²) in [5, 5.41) is 0. The number of carbonyl (C=O) groups excluding carboxylic acids is 1. The van der Waals surface area contributed by atoms with Gasteiger partial charge in [0.05, 0.1) is 23.9 Å². The van der Waals surface area contributed by atoms with Gasteiger partial charge < -0.3 is 4.74 Å². The van der Waals surface area contributed by atoms with Crippen LogP contribution in [0.5, 0.6) is 0 Å². The van der Waals surface area contributed by atoms with Crippen molar-refractivity contribution >= 4 is 31.2 Å². The standard InChI is InChI=1S/C16H14F3NO2S.H2S/c1-22-15(21)12-6-4-8-20-14(12)10-23-9-11-5-2-3-7-13(11)16(17,18)19;/h2-8H,9-10H2,1H3;1H2. The van der Waals surface area contributed by atoms with Gasteiger partial charge >= 0.3 is 12.1 Å². The average Bonchev–Trinajstić information content (AvgIpc) is 2.54. The largest absolute Gasteiger partial charge is 0.465 e. The molecule has 3 nitrogen and oxygen atoms in total. The van der Waals surface area contributed by atoms with Crippen LogP contribution in [0.2, 0.25) is 0 Å². The Morgan fingerprint density at radius 2 is 1.88 bits per heavy atom. The van der Waals surface area contributed by atoms with E-state index in [0.717, 1.165) is 6.07 Å². The summed E-state index contributed by atoms with van der Waals surface area (Å²) < 4.78 is 43.5. The quantitative estimate of drug-likeness (QED) is 0.725. The third-order valence-electron chi connectivity index (χ3n) is 3.11. The summed E-state index contributed by atoms with van der Waals surface area (Å²) in [5.74, 6) is -0.0194. The highest BCUT2D eigenvalue weighted by Gasteiger charge is 2.32. The highest BCUT2D eigenvalue weighted by Crippen LogP contribution is 2.33. The number of carbonyl (C=O) groups is 1. The number of aromatic nitrogens is 1. The summed E-state index contributed by atoms with van der Waals surface area (Å²) in [7, 11) is 1.27.